The van der Waals surface area contributed by atoms with Crippen molar-refractivity contribution < 1.29 is 17.9 Å². The molecular formula is C19H25N3O4S. The Morgan fingerprint density at radius 2 is 1.89 bits per heavy atom. The molecular weight excluding hydrogens is 366 g/mol. The van der Waals surface area contributed by atoms with Gasteiger partial charge in [0.2, 0.25) is 10.0 Å². The summed E-state index contributed by atoms with van der Waals surface area (Å²) >= 11 is 0. The first-order valence-corrected chi connectivity index (χ1v) is 10.5. The van der Waals surface area contributed by atoms with E-state index in [-0.39, 0.29) is 10.5 Å². The minimum absolute atomic E-state index is 0.00819. The molecule has 1 aromatic carbocycles. The lowest BCUT2D eigenvalue weighted by molar-refractivity contribution is 0.0596. The Morgan fingerprint density at radius 1 is 1.22 bits per heavy atom. The zero-order chi connectivity index (χ0) is 19.6. The average molecular weight is 391 g/mol. The Hall–Kier alpha value is -2.19. The Kier molecular flexibility index (Phi) is 5.67. The first-order chi connectivity index (χ1) is 12.8. The van der Waals surface area contributed by atoms with Crippen LogP contribution >= 0.6 is 0 Å². The van der Waals surface area contributed by atoms with Gasteiger partial charge in [-0.2, -0.15) is 9.40 Å². The summed E-state index contributed by atoms with van der Waals surface area (Å²) in [5, 5.41) is 4.49. The molecule has 1 fully saturated rings. The quantitative estimate of drug-likeness (QED) is 0.731. The highest BCUT2D eigenvalue weighted by atomic mass is 32.2. The van der Waals surface area contributed by atoms with Gasteiger partial charge in [-0.1, -0.05) is 12.1 Å². The lowest BCUT2D eigenvalue weighted by Crippen LogP contribution is -2.40. The highest BCUT2D eigenvalue weighted by Crippen LogP contribution is 2.27. The largest absolute Gasteiger partial charge is 0.465 e. The van der Waals surface area contributed by atoms with Crippen LogP contribution in [-0.4, -0.2) is 48.7 Å². The number of aryl methyl sites for hydroxylation is 2. The van der Waals surface area contributed by atoms with Gasteiger partial charge in [0.25, 0.3) is 0 Å². The monoisotopic (exact) mass is 391 g/mol. The third-order valence-electron chi connectivity index (χ3n) is 5.02. The fraction of sp³-hybridized carbons (Fsp3) is 0.474. The highest BCUT2D eigenvalue weighted by molar-refractivity contribution is 7.89. The Morgan fingerprint density at radius 3 is 2.48 bits per heavy atom. The van der Waals surface area contributed by atoms with Crippen molar-refractivity contribution in [2.45, 2.75) is 38.1 Å². The molecule has 7 nitrogen and oxygen atoms in total. The molecule has 0 radical (unpaired) electrons. The van der Waals surface area contributed by atoms with Crippen molar-refractivity contribution in [3.05, 3.63) is 47.3 Å². The Labute approximate surface area is 160 Å². The van der Waals surface area contributed by atoms with Gasteiger partial charge in [0.1, 0.15) is 0 Å². The Bertz CT molecular complexity index is 928. The third-order valence-corrected chi connectivity index (χ3v) is 6.97. The molecule has 0 bridgehead atoms. The van der Waals surface area contributed by atoms with Crippen LogP contribution in [0.3, 0.4) is 0 Å². The van der Waals surface area contributed by atoms with E-state index in [1.54, 1.807) is 12.1 Å². The smallest absolute Gasteiger partial charge is 0.339 e. The number of nitrogens with zero attached hydrogens (tertiary/aromatic N) is 3. The van der Waals surface area contributed by atoms with Crippen LogP contribution in [0.15, 0.2) is 35.2 Å². The van der Waals surface area contributed by atoms with Crippen molar-refractivity contribution in [2.75, 3.05) is 20.2 Å². The van der Waals surface area contributed by atoms with Crippen molar-refractivity contribution in [3.63, 3.8) is 0 Å². The number of rotatable bonds is 5. The van der Waals surface area contributed by atoms with E-state index < -0.39 is 16.0 Å². The number of piperidine rings is 1. The molecule has 27 heavy (non-hydrogen) atoms. The average Bonchev–Trinajstić information content (AvgIpc) is 2.98. The summed E-state index contributed by atoms with van der Waals surface area (Å²) in [6, 6.07) is 8.24. The Balaban J connectivity index is 1.72. The van der Waals surface area contributed by atoms with Crippen LogP contribution in [0.1, 0.15) is 34.6 Å². The topological polar surface area (TPSA) is 81.5 Å². The van der Waals surface area contributed by atoms with Crippen molar-refractivity contribution >= 4 is 16.0 Å². The van der Waals surface area contributed by atoms with Gasteiger partial charge in [-0.05, 0) is 50.8 Å². The highest BCUT2D eigenvalue weighted by Gasteiger charge is 2.32. The number of esters is 1. The molecule has 146 valence electrons. The van der Waals surface area contributed by atoms with E-state index in [1.807, 2.05) is 24.6 Å². The van der Waals surface area contributed by atoms with Gasteiger partial charge in [0.15, 0.2) is 0 Å². The number of methoxy groups -OCH3 is 1. The summed E-state index contributed by atoms with van der Waals surface area (Å²) in [5.74, 6) is -0.265. The molecule has 1 aliphatic heterocycles. The molecule has 0 saturated carbocycles. The maximum Gasteiger partial charge on any atom is 0.339 e. The molecule has 1 saturated heterocycles. The van der Waals surface area contributed by atoms with Crippen LogP contribution in [0.25, 0.3) is 0 Å². The van der Waals surface area contributed by atoms with Crippen LogP contribution in [0.2, 0.25) is 0 Å². The van der Waals surface area contributed by atoms with Crippen LogP contribution in [0.5, 0.6) is 0 Å². The zero-order valence-corrected chi connectivity index (χ0v) is 16.7. The molecule has 1 aliphatic rings. The molecule has 0 aliphatic carbocycles. The fourth-order valence-electron chi connectivity index (χ4n) is 3.55. The predicted molar refractivity (Wildman–Crippen MR) is 101 cm³/mol. The fourth-order valence-corrected chi connectivity index (χ4v) is 5.20. The number of aromatic nitrogens is 2. The molecule has 2 heterocycles. The predicted octanol–water partition coefficient (Wildman–Crippen LogP) is 2.39. The first kappa shape index (κ1) is 19.6. The molecule has 0 amide bonds. The second-order valence-electron chi connectivity index (χ2n) is 6.94. The van der Waals surface area contributed by atoms with E-state index in [4.69, 9.17) is 4.74 Å². The summed E-state index contributed by atoms with van der Waals surface area (Å²) in [4.78, 5) is 11.9. The van der Waals surface area contributed by atoms with E-state index in [2.05, 4.69) is 5.10 Å². The van der Waals surface area contributed by atoms with E-state index in [0.717, 1.165) is 30.8 Å². The van der Waals surface area contributed by atoms with E-state index in [9.17, 15) is 13.2 Å². The lowest BCUT2D eigenvalue weighted by atomic mass is 9.98. The number of hydrogen-bond acceptors (Lipinski definition) is 5. The molecule has 1 aromatic heterocycles. The van der Waals surface area contributed by atoms with E-state index in [0.29, 0.717) is 19.0 Å². The van der Waals surface area contributed by atoms with Crippen LogP contribution < -0.4 is 0 Å². The maximum absolute atomic E-state index is 13.1. The van der Waals surface area contributed by atoms with Gasteiger partial charge in [0.05, 0.1) is 23.3 Å². The van der Waals surface area contributed by atoms with Gasteiger partial charge in [-0.15, -0.1) is 0 Å². The van der Waals surface area contributed by atoms with Crippen LogP contribution in [-0.2, 0) is 21.3 Å². The third kappa shape index (κ3) is 4.06. The summed E-state index contributed by atoms with van der Waals surface area (Å²) < 4.78 is 34.3. The van der Waals surface area contributed by atoms with Gasteiger partial charge in [-0.25, -0.2) is 13.2 Å². The van der Waals surface area contributed by atoms with Gasteiger partial charge < -0.3 is 4.74 Å². The minimum atomic E-state index is -3.74. The zero-order valence-electron chi connectivity index (χ0n) is 15.9. The second kappa shape index (κ2) is 7.82. The van der Waals surface area contributed by atoms with Crippen LogP contribution in [0.4, 0.5) is 0 Å². The van der Waals surface area contributed by atoms with Gasteiger partial charge in [0, 0.05) is 25.3 Å². The molecule has 0 atom stereocenters. The number of benzene rings is 1. The number of hydrogen-bond donors (Lipinski definition) is 0. The maximum atomic E-state index is 13.1. The molecule has 2 aromatic rings. The number of carbonyl (C=O) groups is 1. The first-order valence-electron chi connectivity index (χ1n) is 9.01. The number of sulfonamides is 1. The van der Waals surface area contributed by atoms with Gasteiger partial charge in [-0.3, -0.25) is 4.68 Å². The standard InChI is InChI=1S/C19H25N3O4S/c1-14-12-15(2)22(20-14)13-16-8-10-21(11-9-16)27(24,25)18-7-5-4-6-17(18)19(23)26-3/h4-7,12,16H,8-11,13H2,1-3H3. The van der Waals surface area contributed by atoms with Crippen molar-refractivity contribution in [2.24, 2.45) is 5.92 Å². The second-order valence-corrected chi connectivity index (χ2v) is 8.85. The van der Waals surface area contributed by atoms with E-state index in [1.165, 1.54) is 23.5 Å². The summed E-state index contributed by atoms with van der Waals surface area (Å²) in [6.45, 7) is 5.66. The van der Waals surface area contributed by atoms with Crippen molar-refractivity contribution in [1.29, 1.82) is 0 Å². The number of ether oxygens (including phenoxy) is 1. The normalized spacial score (nSPS) is 16.4. The molecule has 0 spiro atoms. The number of carbonyl (C=O) groups excluding carboxylic acids is 1. The van der Waals surface area contributed by atoms with Gasteiger partial charge >= 0.3 is 5.97 Å². The minimum Gasteiger partial charge on any atom is -0.465 e. The van der Waals surface area contributed by atoms with Crippen LogP contribution in [0, 0.1) is 19.8 Å². The van der Waals surface area contributed by atoms with E-state index >= 15 is 0 Å². The summed E-state index contributed by atoms with van der Waals surface area (Å²) in [6.07, 6.45) is 1.52. The van der Waals surface area contributed by atoms with Crippen molar-refractivity contribution in [3.8, 4) is 0 Å². The molecule has 8 heteroatoms. The van der Waals surface area contributed by atoms with Crippen molar-refractivity contribution in [1.82, 2.24) is 14.1 Å². The SMILES string of the molecule is COC(=O)c1ccccc1S(=O)(=O)N1CCC(Cn2nc(C)cc2C)CC1. The molecule has 0 N–H and O–H groups in total. The summed E-state index contributed by atoms with van der Waals surface area (Å²) in [5.41, 5.74) is 2.19. The molecule has 3 rings (SSSR count). The summed E-state index contributed by atoms with van der Waals surface area (Å²) in [7, 11) is -2.49. The molecule has 0 unspecified atom stereocenters. The lowest BCUT2D eigenvalue weighted by Gasteiger charge is -2.31.